The van der Waals surface area contributed by atoms with Gasteiger partial charge in [-0.15, -0.1) is 0 Å². The molecule has 2 aromatic heterocycles. The van der Waals surface area contributed by atoms with Gasteiger partial charge < -0.3 is 4.42 Å². The molecular formula is C12H10N2O3. The predicted molar refractivity (Wildman–Crippen MR) is 58.6 cm³/mol. The van der Waals surface area contributed by atoms with Crippen LogP contribution in [0.5, 0.6) is 0 Å². The van der Waals surface area contributed by atoms with Crippen LogP contribution in [-0.4, -0.2) is 21.5 Å². The van der Waals surface area contributed by atoms with E-state index >= 15 is 0 Å². The van der Waals surface area contributed by atoms with E-state index in [0.717, 1.165) is 0 Å². The number of furan rings is 1. The van der Waals surface area contributed by atoms with Gasteiger partial charge in [0, 0.05) is 12.4 Å². The number of hydrogen-bond donors (Lipinski definition) is 0. The smallest absolute Gasteiger partial charge is 0.210 e. The van der Waals surface area contributed by atoms with Gasteiger partial charge in [0.05, 0.1) is 12.2 Å². The molecule has 0 aliphatic rings. The van der Waals surface area contributed by atoms with Gasteiger partial charge in [-0.1, -0.05) is 0 Å². The second-order valence-corrected chi connectivity index (χ2v) is 3.50. The third-order valence-electron chi connectivity index (χ3n) is 2.34. The van der Waals surface area contributed by atoms with Gasteiger partial charge in [0.15, 0.2) is 11.6 Å². The van der Waals surface area contributed by atoms with Crippen molar-refractivity contribution in [1.29, 1.82) is 0 Å². The molecule has 0 aliphatic carbocycles. The van der Waals surface area contributed by atoms with Crippen molar-refractivity contribution < 1.29 is 14.0 Å². The van der Waals surface area contributed by atoms with Crippen LogP contribution in [0.1, 0.15) is 28.1 Å². The van der Waals surface area contributed by atoms with Crippen molar-refractivity contribution in [2.75, 3.05) is 0 Å². The average Bonchev–Trinajstić information content (AvgIpc) is 2.91. The van der Waals surface area contributed by atoms with Crippen LogP contribution in [0.15, 0.2) is 41.3 Å². The van der Waals surface area contributed by atoms with Gasteiger partial charge in [0.1, 0.15) is 0 Å². The molecule has 0 N–H and O–H groups in total. The molecule has 0 amide bonds. The highest BCUT2D eigenvalue weighted by Gasteiger charge is 2.27. The molecule has 0 aromatic carbocycles. The van der Waals surface area contributed by atoms with E-state index in [1.165, 1.54) is 31.6 Å². The standard InChI is InChI=1S/C12H10N2O3/c1-8(10(15)9-4-2-7-17-9)11(16)12-13-5-3-6-14-12/h2-8H,1H3. The van der Waals surface area contributed by atoms with Crippen LogP contribution in [0.4, 0.5) is 0 Å². The Balaban J connectivity index is 2.19. The molecule has 86 valence electrons. The monoisotopic (exact) mass is 230 g/mol. The minimum absolute atomic E-state index is 0.0416. The van der Waals surface area contributed by atoms with Crippen LogP contribution >= 0.6 is 0 Å². The maximum absolute atomic E-state index is 11.9. The summed E-state index contributed by atoms with van der Waals surface area (Å²) in [6, 6.07) is 4.73. The number of carbonyl (C=O) groups excluding carboxylic acids is 2. The van der Waals surface area contributed by atoms with Crippen LogP contribution in [0.2, 0.25) is 0 Å². The molecule has 2 aromatic rings. The first kappa shape index (κ1) is 11.2. The first-order valence-corrected chi connectivity index (χ1v) is 5.09. The lowest BCUT2D eigenvalue weighted by Crippen LogP contribution is -2.22. The van der Waals surface area contributed by atoms with Crippen molar-refractivity contribution in [3.8, 4) is 0 Å². The maximum atomic E-state index is 11.9. The summed E-state index contributed by atoms with van der Waals surface area (Å²) in [5.74, 6) is -1.41. The predicted octanol–water partition coefficient (Wildman–Crippen LogP) is 1.77. The molecule has 0 radical (unpaired) electrons. The van der Waals surface area contributed by atoms with Gasteiger partial charge in [-0.25, -0.2) is 9.97 Å². The molecule has 5 heteroatoms. The molecular weight excluding hydrogens is 220 g/mol. The van der Waals surface area contributed by atoms with Crippen LogP contribution in [0.25, 0.3) is 0 Å². The minimum Gasteiger partial charge on any atom is -0.461 e. The molecule has 5 nitrogen and oxygen atoms in total. The lowest BCUT2D eigenvalue weighted by molar-refractivity contribution is 0.0798. The van der Waals surface area contributed by atoms with Gasteiger partial charge >= 0.3 is 0 Å². The van der Waals surface area contributed by atoms with Gasteiger partial charge in [-0.3, -0.25) is 9.59 Å². The highest BCUT2D eigenvalue weighted by molar-refractivity contribution is 6.13. The molecule has 0 aliphatic heterocycles. The number of hydrogen-bond acceptors (Lipinski definition) is 5. The number of nitrogens with zero attached hydrogens (tertiary/aromatic N) is 2. The van der Waals surface area contributed by atoms with Crippen LogP contribution in [0, 0.1) is 5.92 Å². The van der Waals surface area contributed by atoms with Crippen LogP contribution in [-0.2, 0) is 0 Å². The molecule has 0 spiro atoms. The lowest BCUT2D eigenvalue weighted by atomic mass is 9.99. The SMILES string of the molecule is CC(C(=O)c1ncccn1)C(=O)c1ccco1. The summed E-state index contributed by atoms with van der Waals surface area (Å²) in [6.45, 7) is 1.52. The minimum atomic E-state index is -0.844. The maximum Gasteiger partial charge on any atom is 0.210 e. The zero-order valence-corrected chi connectivity index (χ0v) is 9.16. The molecule has 1 atom stereocenters. The number of Topliss-reactive ketones (excluding diaryl/α,β-unsaturated/α-hetero) is 2. The first-order chi connectivity index (χ1) is 8.20. The summed E-state index contributed by atoms with van der Waals surface area (Å²) >= 11 is 0. The Morgan fingerprint density at radius 2 is 1.88 bits per heavy atom. The number of rotatable bonds is 4. The fraction of sp³-hybridized carbons (Fsp3) is 0.167. The normalized spacial score (nSPS) is 12.1. The second kappa shape index (κ2) is 4.69. The summed E-state index contributed by atoms with van der Waals surface area (Å²) in [5, 5.41) is 0. The molecule has 0 saturated carbocycles. The van der Waals surface area contributed by atoms with E-state index < -0.39 is 11.7 Å². The van der Waals surface area contributed by atoms with Crippen molar-refractivity contribution in [1.82, 2.24) is 9.97 Å². The van der Waals surface area contributed by atoms with Gasteiger partial charge in [-0.05, 0) is 25.1 Å². The van der Waals surface area contributed by atoms with E-state index in [2.05, 4.69) is 9.97 Å². The summed E-state index contributed by atoms with van der Waals surface area (Å²) in [7, 11) is 0. The quantitative estimate of drug-likeness (QED) is 0.591. The fourth-order valence-electron chi connectivity index (χ4n) is 1.37. The van der Waals surface area contributed by atoms with E-state index in [9.17, 15) is 9.59 Å². The Hall–Kier alpha value is -2.30. The molecule has 2 rings (SSSR count). The summed E-state index contributed by atoms with van der Waals surface area (Å²) in [5.41, 5.74) is 0. The first-order valence-electron chi connectivity index (χ1n) is 5.09. The summed E-state index contributed by atoms with van der Waals surface area (Å²) in [4.78, 5) is 31.4. The molecule has 0 fully saturated rings. The second-order valence-electron chi connectivity index (χ2n) is 3.50. The van der Waals surface area contributed by atoms with Crippen molar-refractivity contribution in [2.45, 2.75) is 6.92 Å². The van der Waals surface area contributed by atoms with Gasteiger partial charge in [-0.2, -0.15) is 0 Å². The highest BCUT2D eigenvalue weighted by Crippen LogP contribution is 2.12. The average molecular weight is 230 g/mol. The zero-order valence-electron chi connectivity index (χ0n) is 9.16. The Morgan fingerprint density at radius 1 is 1.18 bits per heavy atom. The van der Waals surface area contributed by atoms with E-state index in [0.29, 0.717) is 0 Å². The Bertz CT molecular complexity index is 520. The van der Waals surface area contributed by atoms with Crippen molar-refractivity contribution in [3.05, 3.63) is 48.4 Å². The molecule has 0 saturated heterocycles. The molecule has 17 heavy (non-hydrogen) atoms. The third-order valence-corrected chi connectivity index (χ3v) is 2.34. The van der Waals surface area contributed by atoms with Crippen molar-refractivity contribution >= 4 is 11.6 Å². The third kappa shape index (κ3) is 2.28. The summed E-state index contributed by atoms with van der Waals surface area (Å²) < 4.78 is 4.96. The number of aromatic nitrogens is 2. The summed E-state index contributed by atoms with van der Waals surface area (Å²) in [6.07, 6.45) is 4.32. The lowest BCUT2D eigenvalue weighted by Gasteiger charge is -2.05. The fourth-order valence-corrected chi connectivity index (χ4v) is 1.37. The Kier molecular flexibility index (Phi) is 3.09. The molecule has 0 bridgehead atoms. The van der Waals surface area contributed by atoms with Crippen molar-refractivity contribution in [3.63, 3.8) is 0 Å². The van der Waals surface area contributed by atoms with E-state index in [-0.39, 0.29) is 17.4 Å². The highest BCUT2D eigenvalue weighted by atomic mass is 16.3. The Morgan fingerprint density at radius 3 is 2.47 bits per heavy atom. The van der Waals surface area contributed by atoms with E-state index in [4.69, 9.17) is 4.42 Å². The molecule has 2 heterocycles. The van der Waals surface area contributed by atoms with Crippen LogP contribution < -0.4 is 0 Å². The Labute approximate surface area is 97.5 Å². The zero-order chi connectivity index (χ0) is 12.3. The van der Waals surface area contributed by atoms with Gasteiger partial charge in [0.2, 0.25) is 11.6 Å². The molecule has 1 unspecified atom stereocenters. The van der Waals surface area contributed by atoms with Crippen molar-refractivity contribution in [2.24, 2.45) is 5.92 Å². The van der Waals surface area contributed by atoms with E-state index in [1.807, 2.05) is 0 Å². The van der Waals surface area contributed by atoms with Gasteiger partial charge in [0.25, 0.3) is 0 Å². The van der Waals surface area contributed by atoms with E-state index in [1.54, 1.807) is 12.1 Å². The largest absolute Gasteiger partial charge is 0.461 e. The van der Waals surface area contributed by atoms with Crippen LogP contribution in [0.3, 0.4) is 0 Å². The number of carbonyl (C=O) groups is 2. The number of ketones is 2. The topological polar surface area (TPSA) is 73.1 Å².